The lowest BCUT2D eigenvalue weighted by Crippen LogP contribution is -2.39. The number of fused-ring (bicyclic) bond motifs is 5. The molecule has 0 aromatic heterocycles. The summed E-state index contributed by atoms with van der Waals surface area (Å²) in [5.41, 5.74) is 8.36. The summed E-state index contributed by atoms with van der Waals surface area (Å²) in [6.45, 7) is 6.84. The van der Waals surface area contributed by atoms with E-state index >= 15 is 0 Å². The minimum absolute atomic E-state index is 0.338. The fourth-order valence-corrected chi connectivity index (χ4v) is 4.60. The molecule has 130 valence electrons. The lowest BCUT2D eigenvalue weighted by Gasteiger charge is -2.42. The van der Waals surface area contributed by atoms with Crippen LogP contribution in [0.4, 0.5) is 0 Å². The molecule has 0 radical (unpaired) electrons. The van der Waals surface area contributed by atoms with E-state index in [1.54, 1.807) is 7.11 Å². The van der Waals surface area contributed by atoms with Crippen molar-refractivity contribution in [1.82, 2.24) is 4.90 Å². The molecule has 3 heterocycles. The van der Waals surface area contributed by atoms with Crippen LogP contribution in [-0.4, -0.2) is 25.3 Å². The zero-order valence-electron chi connectivity index (χ0n) is 15.0. The molecule has 25 heavy (non-hydrogen) atoms. The Kier molecular flexibility index (Phi) is 3.26. The molecule has 0 N–H and O–H groups in total. The topological polar surface area (TPSA) is 30.9 Å². The molecule has 0 amide bonds. The van der Waals surface area contributed by atoms with Crippen molar-refractivity contribution in [2.45, 2.75) is 39.3 Å². The first-order chi connectivity index (χ1) is 12.2. The van der Waals surface area contributed by atoms with E-state index in [1.807, 2.05) is 0 Å². The van der Waals surface area contributed by atoms with Crippen LogP contribution in [0.5, 0.6) is 17.2 Å². The van der Waals surface area contributed by atoms with Gasteiger partial charge in [0.15, 0.2) is 11.5 Å². The molecule has 1 unspecified atom stereocenters. The summed E-state index contributed by atoms with van der Waals surface area (Å²) in [5.74, 6) is 2.80. The van der Waals surface area contributed by atoms with E-state index in [4.69, 9.17) is 14.2 Å². The standard InChI is InChI=1S/C21H23NO3/c1-12-13(2)19(23-3)8-15-6-18-16-9-21-20(24-11-25-21)7-14(16)4-5-22(18)10-17(12)15/h7-9,18H,4-6,10-11H2,1-3H3. The Labute approximate surface area is 148 Å². The van der Waals surface area contributed by atoms with Crippen LogP contribution in [0.2, 0.25) is 0 Å². The molecular weight excluding hydrogens is 314 g/mol. The van der Waals surface area contributed by atoms with E-state index in [0.29, 0.717) is 12.8 Å². The van der Waals surface area contributed by atoms with Crippen molar-refractivity contribution in [2.24, 2.45) is 0 Å². The number of ether oxygens (including phenoxy) is 3. The third kappa shape index (κ3) is 2.17. The summed E-state index contributed by atoms with van der Waals surface area (Å²) in [6, 6.07) is 7.05. The second-order valence-electron chi connectivity index (χ2n) is 7.31. The van der Waals surface area contributed by atoms with Crippen molar-refractivity contribution in [1.29, 1.82) is 0 Å². The van der Waals surface area contributed by atoms with Gasteiger partial charge in [-0.3, -0.25) is 4.90 Å². The normalized spacial score (nSPS) is 20.7. The second kappa shape index (κ2) is 5.40. The van der Waals surface area contributed by atoms with E-state index < -0.39 is 0 Å². The summed E-state index contributed by atoms with van der Waals surface area (Å²) in [6.07, 6.45) is 2.10. The number of benzene rings is 2. The molecule has 4 heteroatoms. The predicted octanol–water partition coefficient (Wildman–Crippen LogP) is 3.70. The summed E-state index contributed by atoms with van der Waals surface area (Å²) in [5, 5.41) is 0. The second-order valence-corrected chi connectivity index (χ2v) is 7.31. The van der Waals surface area contributed by atoms with Gasteiger partial charge in [0.05, 0.1) is 7.11 Å². The van der Waals surface area contributed by atoms with Crippen LogP contribution in [0.1, 0.15) is 39.4 Å². The Balaban J connectivity index is 1.59. The van der Waals surface area contributed by atoms with Gasteiger partial charge in [-0.2, -0.15) is 0 Å². The highest BCUT2D eigenvalue weighted by Crippen LogP contribution is 2.45. The maximum absolute atomic E-state index is 5.62. The Morgan fingerprint density at radius 2 is 1.84 bits per heavy atom. The van der Waals surface area contributed by atoms with Gasteiger partial charge in [-0.1, -0.05) is 0 Å². The molecule has 0 saturated carbocycles. The van der Waals surface area contributed by atoms with Crippen LogP contribution in [0.25, 0.3) is 0 Å². The summed E-state index contributed by atoms with van der Waals surface area (Å²) in [4.78, 5) is 2.62. The van der Waals surface area contributed by atoms with E-state index in [1.165, 1.54) is 33.4 Å². The molecule has 0 fully saturated rings. The van der Waals surface area contributed by atoms with E-state index in [-0.39, 0.29) is 0 Å². The summed E-state index contributed by atoms with van der Waals surface area (Å²) >= 11 is 0. The maximum atomic E-state index is 5.62. The van der Waals surface area contributed by atoms with Gasteiger partial charge in [0.2, 0.25) is 6.79 Å². The molecule has 0 spiro atoms. The minimum atomic E-state index is 0.338. The zero-order chi connectivity index (χ0) is 17.1. The fourth-order valence-electron chi connectivity index (χ4n) is 4.60. The third-order valence-corrected chi connectivity index (χ3v) is 6.17. The van der Waals surface area contributed by atoms with Gasteiger partial charge in [0.1, 0.15) is 5.75 Å². The molecule has 5 rings (SSSR count). The quantitative estimate of drug-likeness (QED) is 0.794. The van der Waals surface area contributed by atoms with Gasteiger partial charge in [-0.15, -0.1) is 0 Å². The highest BCUT2D eigenvalue weighted by Gasteiger charge is 2.34. The van der Waals surface area contributed by atoms with Crippen LogP contribution in [0, 0.1) is 13.8 Å². The maximum Gasteiger partial charge on any atom is 0.231 e. The van der Waals surface area contributed by atoms with Gasteiger partial charge in [0.25, 0.3) is 0 Å². The van der Waals surface area contributed by atoms with Crippen LogP contribution in [0.15, 0.2) is 18.2 Å². The van der Waals surface area contributed by atoms with Gasteiger partial charge >= 0.3 is 0 Å². The highest BCUT2D eigenvalue weighted by molar-refractivity contribution is 5.54. The van der Waals surface area contributed by atoms with Gasteiger partial charge in [0, 0.05) is 19.1 Å². The van der Waals surface area contributed by atoms with Crippen molar-refractivity contribution in [2.75, 3.05) is 20.4 Å². The number of hydrogen-bond donors (Lipinski definition) is 0. The molecule has 2 aromatic carbocycles. The SMILES string of the molecule is COc1cc2c(c(C)c1C)CN1CCc3cc4c(cc3C1C2)OCO4. The predicted molar refractivity (Wildman–Crippen MR) is 95.6 cm³/mol. The van der Waals surface area contributed by atoms with Crippen molar-refractivity contribution < 1.29 is 14.2 Å². The smallest absolute Gasteiger partial charge is 0.231 e. The van der Waals surface area contributed by atoms with Crippen LogP contribution in [0.3, 0.4) is 0 Å². The lowest BCUT2D eigenvalue weighted by atomic mass is 9.82. The molecule has 0 saturated heterocycles. The lowest BCUT2D eigenvalue weighted by molar-refractivity contribution is 0.160. The summed E-state index contributed by atoms with van der Waals surface area (Å²) in [7, 11) is 1.76. The largest absolute Gasteiger partial charge is 0.496 e. The van der Waals surface area contributed by atoms with Crippen molar-refractivity contribution >= 4 is 0 Å². The number of methoxy groups -OCH3 is 1. The van der Waals surface area contributed by atoms with Gasteiger partial charge < -0.3 is 14.2 Å². The molecule has 0 aliphatic carbocycles. The zero-order valence-corrected chi connectivity index (χ0v) is 15.0. The first-order valence-corrected chi connectivity index (χ1v) is 8.98. The van der Waals surface area contributed by atoms with Crippen molar-refractivity contribution in [3.8, 4) is 17.2 Å². The first-order valence-electron chi connectivity index (χ1n) is 8.98. The molecule has 4 nitrogen and oxygen atoms in total. The molecule has 1 atom stereocenters. The molecule has 0 bridgehead atoms. The number of hydrogen-bond acceptors (Lipinski definition) is 4. The van der Waals surface area contributed by atoms with Crippen LogP contribution in [-0.2, 0) is 19.4 Å². The average molecular weight is 337 g/mol. The Hall–Kier alpha value is -2.20. The monoisotopic (exact) mass is 337 g/mol. The average Bonchev–Trinajstić information content (AvgIpc) is 3.09. The molecular formula is C21H23NO3. The molecule has 3 aliphatic rings. The Bertz CT molecular complexity index is 874. The Morgan fingerprint density at radius 3 is 2.64 bits per heavy atom. The fraction of sp³-hybridized carbons (Fsp3) is 0.429. The van der Waals surface area contributed by atoms with Gasteiger partial charge in [-0.25, -0.2) is 0 Å². The van der Waals surface area contributed by atoms with Crippen molar-refractivity contribution in [3.05, 3.63) is 51.6 Å². The molecule has 2 aromatic rings. The number of nitrogens with zero attached hydrogens (tertiary/aromatic N) is 1. The van der Waals surface area contributed by atoms with E-state index in [9.17, 15) is 0 Å². The van der Waals surface area contributed by atoms with Gasteiger partial charge in [-0.05, 0) is 78.3 Å². The van der Waals surface area contributed by atoms with Crippen LogP contribution >= 0.6 is 0 Å². The Morgan fingerprint density at radius 1 is 1.04 bits per heavy atom. The van der Waals surface area contributed by atoms with E-state index in [0.717, 1.165) is 43.2 Å². The van der Waals surface area contributed by atoms with Crippen LogP contribution < -0.4 is 14.2 Å². The minimum Gasteiger partial charge on any atom is -0.496 e. The van der Waals surface area contributed by atoms with Crippen molar-refractivity contribution in [3.63, 3.8) is 0 Å². The molecule has 3 aliphatic heterocycles. The third-order valence-electron chi connectivity index (χ3n) is 6.17. The van der Waals surface area contributed by atoms with E-state index in [2.05, 4.69) is 36.9 Å². The summed E-state index contributed by atoms with van der Waals surface area (Å²) < 4.78 is 16.8. The number of rotatable bonds is 1. The highest BCUT2D eigenvalue weighted by atomic mass is 16.7. The first kappa shape index (κ1) is 15.1.